The molecule has 1 aromatic heterocycles. The lowest BCUT2D eigenvalue weighted by Gasteiger charge is -2.15. The minimum absolute atomic E-state index is 0.0106. The van der Waals surface area contributed by atoms with Crippen molar-refractivity contribution in [1.29, 1.82) is 0 Å². The van der Waals surface area contributed by atoms with Crippen LogP contribution in [0.2, 0.25) is 0 Å². The van der Waals surface area contributed by atoms with E-state index >= 15 is 0 Å². The fourth-order valence-corrected chi connectivity index (χ4v) is 2.45. The van der Waals surface area contributed by atoms with Crippen LogP contribution in [-0.2, 0) is 11.8 Å². The second-order valence-corrected chi connectivity index (χ2v) is 5.87. The summed E-state index contributed by atoms with van der Waals surface area (Å²) in [6.45, 7) is 10.5. The monoisotopic (exact) mass is 294 g/mol. The normalized spacial score (nSPS) is 12.6. The molecule has 1 unspecified atom stereocenters. The topological polar surface area (TPSA) is 60.3 Å². The molecule has 0 aliphatic rings. The number of methoxy groups -OCH3 is 1. The zero-order valence-electron chi connectivity index (χ0n) is 14.0. The Hall–Kier alpha value is -1.62. The number of ether oxygens (including phenoxy) is 1. The van der Waals surface area contributed by atoms with Gasteiger partial charge in [-0.2, -0.15) is 0 Å². The first kappa shape index (κ1) is 17.4. The smallest absolute Gasteiger partial charge is 0.354 e. The third kappa shape index (κ3) is 3.53. The maximum Gasteiger partial charge on any atom is 0.354 e. The van der Waals surface area contributed by atoms with Crippen LogP contribution in [-0.4, -0.2) is 36.0 Å². The Bertz CT molecular complexity index is 544. The molecule has 1 rings (SSSR count). The number of Topliss-reactive ketones (excluding diaryl/α,β-unsaturated/α-hetero) is 1. The number of hydrogen-bond donors (Lipinski definition) is 1. The molecule has 0 amide bonds. The van der Waals surface area contributed by atoms with Gasteiger partial charge in [0.05, 0.1) is 13.2 Å². The summed E-state index contributed by atoms with van der Waals surface area (Å²) in [7, 11) is 3.12. The Morgan fingerprint density at radius 2 is 1.81 bits per heavy atom. The highest BCUT2D eigenvalue weighted by molar-refractivity contribution is 6.05. The maximum atomic E-state index is 12.6. The maximum absolute atomic E-state index is 12.6. The predicted molar refractivity (Wildman–Crippen MR) is 82.9 cm³/mol. The average Bonchev–Trinajstić information content (AvgIpc) is 2.65. The van der Waals surface area contributed by atoms with Crippen molar-refractivity contribution in [2.24, 2.45) is 13.0 Å². The van der Waals surface area contributed by atoms with Crippen molar-refractivity contribution in [3.8, 4) is 0 Å². The fourth-order valence-electron chi connectivity index (χ4n) is 2.45. The summed E-state index contributed by atoms with van der Waals surface area (Å²) in [6.07, 6.45) is 0. The van der Waals surface area contributed by atoms with Crippen molar-refractivity contribution in [2.75, 3.05) is 13.7 Å². The van der Waals surface area contributed by atoms with Gasteiger partial charge in [0.25, 0.3) is 0 Å². The first-order valence-corrected chi connectivity index (χ1v) is 7.24. The Kier molecular flexibility index (Phi) is 5.72. The van der Waals surface area contributed by atoms with Crippen LogP contribution < -0.4 is 5.32 Å². The minimum Gasteiger partial charge on any atom is -0.464 e. The van der Waals surface area contributed by atoms with Crippen LogP contribution in [0, 0.1) is 19.8 Å². The molecule has 0 radical (unpaired) electrons. The van der Waals surface area contributed by atoms with Gasteiger partial charge in [-0.15, -0.1) is 0 Å². The highest BCUT2D eigenvalue weighted by Gasteiger charge is 2.27. The number of nitrogens with zero attached hydrogens (tertiary/aromatic N) is 1. The largest absolute Gasteiger partial charge is 0.464 e. The van der Waals surface area contributed by atoms with E-state index in [1.54, 1.807) is 18.5 Å². The molecule has 0 aliphatic heterocycles. The lowest BCUT2D eigenvalue weighted by Crippen LogP contribution is -2.36. The molecule has 1 N–H and O–H groups in total. The van der Waals surface area contributed by atoms with Gasteiger partial charge in [-0.3, -0.25) is 4.79 Å². The second-order valence-electron chi connectivity index (χ2n) is 5.87. The lowest BCUT2D eigenvalue weighted by molar-refractivity contribution is 0.0588. The first-order valence-electron chi connectivity index (χ1n) is 7.24. The number of ketones is 1. The number of carbonyl (C=O) groups excluding carboxylic acids is 2. The van der Waals surface area contributed by atoms with E-state index in [0.717, 1.165) is 12.2 Å². The minimum atomic E-state index is -0.417. The fraction of sp³-hybridized carbons (Fsp3) is 0.625. The summed E-state index contributed by atoms with van der Waals surface area (Å²) in [5.41, 5.74) is 2.53. The van der Waals surface area contributed by atoms with Crippen LogP contribution in [0.1, 0.15) is 52.9 Å². The molecule has 118 valence electrons. The number of aromatic nitrogens is 1. The second kappa shape index (κ2) is 6.89. The average molecular weight is 294 g/mol. The molecule has 1 aromatic rings. The molecule has 0 spiro atoms. The van der Waals surface area contributed by atoms with Gasteiger partial charge in [-0.25, -0.2) is 4.79 Å². The van der Waals surface area contributed by atoms with Gasteiger partial charge in [-0.1, -0.05) is 13.8 Å². The van der Waals surface area contributed by atoms with Gasteiger partial charge in [0, 0.05) is 18.3 Å². The molecule has 1 atom stereocenters. The molecule has 21 heavy (non-hydrogen) atoms. The summed E-state index contributed by atoms with van der Waals surface area (Å²) in [5, 5.41) is 3.23. The van der Waals surface area contributed by atoms with E-state index in [9.17, 15) is 9.59 Å². The number of hydrogen-bond acceptors (Lipinski definition) is 4. The highest BCUT2D eigenvalue weighted by atomic mass is 16.5. The summed E-state index contributed by atoms with van der Waals surface area (Å²) in [4.78, 5) is 24.5. The molecule has 5 nitrogen and oxygen atoms in total. The van der Waals surface area contributed by atoms with Crippen molar-refractivity contribution < 1.29 is 14.3 Å². The van der Waals surface area contributed by atoms with E-state index in [2.05, 4.69) is 19.2 Å². The summed E-state index contributed by atoms with van der Waals surface area (Å²) in [6, 6.07) is -0.280. The van der Waals surface area contributed by atoms with Crippen LogP contribution >= 0.6 is 0 Å². The molecular weight excluding hydrogens is 268 g/mol. The van der Waals surface area contributed by atoms with Gasteiger partial charge >= 0.3 is 5.97 Å². The third-order valence-electron chi connectivity index (χ3n) is 3.78. The number of carbonyl (C=O) groups is 2. The summed E-state index contributed by atoms with van der Waals surface area (Å²) >= 11 is 0. The van der Waals surface area contributed by atoms with E-state index in [0.29, 0.717) is 22.7 Å². The molecule has 0 aromatic carbocycles. The summed E-state index contributed by atoms with van der Waals surface area (Å²) < 4.78 is 6.52. The van der Waals surface area contributed by atoms with E-state index in [1.807, 2.05) is 13.8 Å². The standard InChI is InChI=1S/C16H26N2O3/c1-9(2)8-17-11(4)15(19)13-10(3)14(16(20)21-7)18(6)12(13)5/h9,11,17H,8H2,1-7H3. The Morgan fingerprint density at radius 3 is 2.29 bits per heavy atom. The van der Waals surface area contributed by atoms with Gasteiger partial charge < -0.3 is 14.6 Å². The van der Waals surface area contributed by atoms with Crippen molar-refractivity contribution in [3.63, 3.8) is 0 Å². The number of nitrogens with one attached hydrogen (secondary N) is 1. The van der Waals surface area contributed by atoms with Gasteiger partial charge in [0.2, 0.25) is 0 Å². The summed E-state index contributed by atoms with van der Waals surface area (Å²) in [5.74, 6) is 0.0696. The van der Waals surface area contributed by atoms with Crippen molar-refractivity contribution >= 4 is 11.8 Å². The van der Waals surface area contributed by atoms with Gasteiger partial charge in [0.15, 0.2) is 5.78 Å². The molecule has 0 bridgehead atoms. The van der Waals surface area contributed by atoms with Gasteiger partial charge in [-0.05, 0) is 38.8 Å². The Morgan fingerprint density at radius 1 is 1.24 bits per heavy atom. The molecule has 5 heteroatoms. The van der Waals surface area contributed by atoms with Crippen LogP contribution in [0.25, 0.3) is 0 Å². The molecule has 0 aliphatic carbocycles. The van der Waals surface area contributed by atoms with Crippen LogP contribution in [0.5, 0.6) is 0 Å². The number of rotatable bonds is 6. The molecule has 1 heterocycles. The van der Waals surface area contributed by atoms with Crippen LogP contribution in [0.3, 0.4) is 0 Å². The number of esters is 1. The predicted octanol–water partition coefficient (Wildman–Crippen LogP) is 2.25. The quantitative estimate of drug-likeness (QED) is 0.646. The molecule has 0 saturated heterocycles. The van der Waals surface area contributed by atoms with Crippen molar-refractivity contribution in [2.45, 2.75) is 40.7 Å². The molecular formula is C16H26N2O3. The van der Waals surface area contributed by atoms with E-state index < -0.39 is 5.97 Å². The Balaban J connectivity index is 3.14. The van der Waals surface area contributed by atoms with Crippen LogP contribution in [0.15, 0.2) is 0 Å². The van der Waals surface area contributed by atoms with E-state index in [4.69, 9.17) is 4.74 Å². The SMILES string of the molecule is COC(=O)c1c(C)c(C(=O)C(C)NCC(C)C)c(C)n1C. The first-order chi connectivity index (χ1) is 9.72. The van der Waals surface area contributed by atoms with E-state index in [-0.39, 0.29) is 11.8 Å². The van der Waals surface area contributed by atoms with Crippen molar-refractivity contribution in [3.05, 3.63) is 22.5 Å². The van der Waals surface area contributed by atoms with Crippen LogP contribution in [0.4, 0.5) is 0 Å². The lowest BCUT2D eigenvalue weighted by atomic mass is 10.0. The zero-order valence-corrected chi connectivity index (χ0v) is 14.0. The highest BCUT2D eigenvalue weighted by Crippen LogP contribution is 2.23. The van der Waals surface area contributed by atoms with Crippen molar-refractivity contribution in [1.82, 2.24) is 9.88 Å². The molecule has 0 saturated carbocycles. The third-order valence-corrected chi connectivity index (χ3v) is 3.78. The Labute approximate surface area is 126 Å². The van der Waals surface area contributed by atoms with E-state index in [1.165, 1.54) is 7.11 Å². The van der Waals surface area contributed by atoms with Gasteiger partial charge in [0.1, 0.15) is 5.69 Å². The zero-order chi connectivity index (χ0) is 16.3. The molecule has 0 fully saturated rings.